The van der Waals surface area contributed by atoms with E-state index in [0.717, 1.165) is 62.1 Å². The van der Waals surface area contributed by atoms with Crippen molar-refractivity contribution in [1.29, 1.82) is 0 Å². The van der Waals surface area contributed by atoms with Crippen LogP contribution in [0.3, 0.4) is 0 Å². The van der Waals surface area contributed by atoms with Crippen LogP contribution in [-0.4, -0.2) is 58.5 Å². The number of amides is 2. The highest BCUT2D eigenvalue weighted by molar-refractivity contribution is 7.09. The van der Waals surface area contributed by atoms with Crippen LogP contribution in [-0.2, 0) is 11.2 Å². The molecule has 1 aliphatic heterocycles. The fourth-order valence-electron chi connectivity index (χ4n) is 6.15. The Morgan fingerprint density at radius 1 is 1.10 bits per heavy atom. The van der Waals surface area contributed by atoms with Gasteiger partial charge in [0.15, 0.2) is 0 Å². The minimum atomic E-state index is -0.561. The van der Waals surface area contributed by atoms with E-state index in [1.54, 1.807) is 11.3 Å². The molecule has 1 atom stereocenters. The topological polar surface area (TPSA) is 79.3 Å². The number of imidazole rings is 1. The van der Waals surface area contributed by atoms with E-state index in [1.807, 2.05) is 18.2 Å². The van der Waals surface area contributed by atoms with Gasteiger partial charge in [0.1, 0.15) is 11.9 Å². The maximum atomic E-state index is 13.5. The van der Waals surface area contributed by atoms with Gasteiger partial charge in [-0.25, -0.2) is 4.98 Å². The monoisotopic (exact) mass is 593 g/mol. The number of rotatable bonds is 15. The second-order valence-electron chi connectivity index (χ2n) is 12.4. The van der Waals surface area contributed by atoms with Gasteiger partial charge >= 0.3 is 0 Å². The van der Waals surface area contributed by atoms with Gasteiger partial charge in [0.2, 0.25) is 5.91 Å². The molecule has 1 saturated heterocycles. The average molecular weight is 594 g/mol. The lowest BCUT2D eigenvalue weighted by Gasteiger charge is -2.32. The van der Waals surface area contributed by atoms with E-state index < -0.39 is 6.04 Å². The normalized spacial score (nSPS) is 15.5. The molecule has 230 valence electrons. The predicted octanol–water partition coefficient (Wildman–Crippen LogP) is 6.82. The summed E-state index contributed by atoms with van der Waals surface area (Å²) in [6.07, 6.45) is 8.12. The molecule has 0 saturated carbocycles. The number of hydrogen-bond donors (Lipinski definition) is 2. The van der Waals surface area contributed by atoms with Crippen molar-refractivity contribution < 1.29 is 9.59 Å². The van der Waals surface area contributed by atoms with Crippen LogP contribution >= 0.6 is 11.3 Å². The predicted molar refractivity (Wildman–Crippen MR) is 174 cm³/mol. The van der Waals surface area contributed by atoms with Crippen LogP contribution in [0.4, 0.5) is 0 Å². The van der Waals surface area contributed by atoms with Gasteiger partial charge in [-0.05, 0) is 99.6 Å². The van der Waals surface area contributed by atoms with Crippen molar-refractivity contribution in [3.63, 3.8) is 0 Å². The van der Waals surface area contributed by atoms with Gasteiger partial charge in [-0.3, -0.25) is 9.59 Å². The number of fused-ring (bicyclic) bond motifs is 1. The van der Waals surface area contributed by atoms with Crippen LogP contribution in [0, 0.1) is 11.8 Å². The molecule has 0 unspecified atom stereocenters. The third-order valence-electron chi connectivity index (χ3n) is 8.67. The van der Waals surface area contributed by atoms with Gasteiger partial charge < -0.3 is 20.1 Å². The number of nitrogens with zero attached hydrogens (tertiary/aromatic N) is 3. The molecule has 0 spiro atoms. The Balaban J connectivity index is 1.44. The lowest BCUT2D eigenvalue weighted by Crippen LogP contribution is -2.49. The lowest BCUT2D eigenvalue weighted by atomic mass is 9.96. The Kier molecular flexibility index (Phi) is 12.0. The fourth-order valence-corrected chi connectivity index (χ4v) is 6.85. The van der Waals surface area contributed by atoms with E-state index in [0.29, 0.717) is 30.5 Å². The number of unbranched alkanes of at least 4 members (excludes halogenated alkanes) is 1. The Morgan fingerprint density at radius 2 is 1.86 bits per heavy atom. The Morgan fingerprint density at radius 3 is 2.50 bits per heavy atom. The van der Waals surface area contributed by atoms with E-state index in [4.69, 9.17) is 4.98 Å². The second-order valence-corrected chi connectivity index (χ2v) is 13.4. The van der Waals surface area contributed by atoms with E-state index in [2.05, 4.69) is 72.2 Å². The molecular weight excluding hydrogens is 542 g/mol. The number of carbonyl (C=O) groups excluding carboxylic acids is 2. The number of piperidine rings is 1. The highest BCUT2D eigenvalue weighted by Crippen LogP contribution is 2.28. The molecule has 3 aromatic rings. The molecule has 0 radical (unpaired) electrons. The van der Waals surface area contributed by atoms with Crippen LogP contribution in [0.5, 0.6) is 0 Å². The van der Waals surface area contributed by atoms with Crippen LogP contribution in [0.2, 0.25) is 0 Å². The summed E-state index contributed by atoms with van der Waals surface area (Å²) in [5.74, 6) is 1.51. The molecule has 7 nitrogen and oxygen atoms in total. The molecule has 3 heterocycles. The Hall–Kier alpha value is -2.71. The third-order valence-corrected chi connectivity index (χ3v) is 9.55. The molecule has 4 rings (SSSR count). The van der Waals surface area contributed by atoms with Crippen molar-refractivity contribution in [1.82, 2.24) is 25.1 Å². The van der Waals surface area contributed by atoms with Crippen LogP contribution in [0.15, 0.2) is 35.7 Å². The first-order valence-electron chi connectivity index (χ1n) is 16.2. The largest absolute Gasteiger partial charge is 0.354 e. The summed E-state index contributed by atoms with van der Waals surface area (Å²) < 4.78 is 2.36. The van der Waals surface area contributed by atoms with Crippen LogP contribution in [0.25, 0.3) is 11.0 Å². The SMILES string of the molecule is CCCCN1CCC(CNC(=O)[C@H](CC(C)C)NC(=O)c2ccc3c(c2)nc(Cc2cccs2)n3C(CC)CC)CC1. The maximum Gasteiger partial charge on any atom is 0.252 e. The van der Waals surface area contributed by atoms with Crippen molar-refractivity contribution in [3.05, 3.63) is 52.0 Å². The van der Waals surface area contributed by atoms with Crippen molar-refractivity contribution in [3.8, 4) is 0 Å². The minimum absolute atomic E-state index is 0.0808. The molecule has 0 bridgehead atoms. The standard InChI is InChI=1S/C34H51N5O2S/c1-6-9-16-38-17-14-25(15-18-38)23-35-34(41)30(20-24(4)5)37-33(40)26-12-13-31-29(21-26)36-32(22-28-11-10-19-42-28)39(31)27(7-2)8-3/h10-13,19,21,24-25,27,30H,6-9,14-18,20,22-23H2,1-5H3,(H,35,41)(H,37,40)/t30-/m0/s1. The first-order valence-corrected chi connectivity index (χ1v) is 17.0. The number of carbonyl (C=O) groups is 2. The van der Waals surface area contributed by atoms with Gasteiger partial charge in [-0.1, -0.05) is 47.1 Å². The van der Waals surface area contributed by atoms with Crippen LogP contribution < -0.4 is 10.6 Å². The van der Waals surface area contributed by atoms with E-state index in [1.165, 1.54) is 24.3 Å². The molecule has 1 aliphatic rings. The first-order chi connectivity index (χ1) is 20.3. The summed E-state index contributed by atoms with van der Waals surface area (Å²) >= 11 is 1.74. The Labute approximate surface area is 256 Å². The zero-order valence-corrected chi connectivity index (χ0v) is 27.1. The Bertz CT molecular complexity index is 1270. The molecule has 1 fully saturated rings. The highest BCUT2D eigenvalue weighted by atomic mass is 32.1. The summed E-state index contributed by atoms with van der Waals surface area (Å²) in [4.78, 5) is 35.6. The molecule has 8 heteroatoms. The zero-order valence-electron chi connectivity index (χ0n) is 26.3. The van der Waals surface area contributed by atoms with E-state index in [-0.39, 0.29) is 17.7 Å². The highest BCUT2D eigenvalue weighted by Gasteiger charge is 2.26. The van der Waals surface area contributed by atoms with Crippen molar-refractivity contribution in [2.24, 2.45) is 11.8 Å². The van der Waals surface area contributed by atoms with E-state index in [9.17, 15) is 9.59 Å². The lowest BCUT2D eigenvalue weighted by molar-refractivity contribution is -0.123. The van der Waals surface area contributed by atoms with E-state index >= 15 is 0 Å². The summed E-state index contributed by atoms with van der Waals surface area (Å²) in [5.41, 5.74) is 2.43. The van der Waals surface area contributed by atoms with Crippen molar-refractivity contribution >= 4 is 34.2 Å². The molecule has 0 aliphatic carbocycles. The van der Waals surface area contributed by atoms with Crippen molar-refractivity contribution in [2.75, 3.05) is 26.2 Å². The summed E-state index contributed by atoms with van der Waals surface area (Å²) in [6, 6.07) is 9.81. The molecule has 2 amide bonds. The number of likely N-dealkylation sites (tertiary alicyclic amines) is 1. The number of aromatic nitrogens is 2. The first kappa shape index (κ1) is 32.2. The molecule has 1 aromatic carbocycles. The number of thiophene rings is 1. The third kappa shape index (κ3) is 8.44. The molecule has 2 aromatic heterocycles. The van der Waals surface area contributed by atoms with Gasteiger partial charge in [0.05, 0.1) is 11.0 Å². The van der Waals surface area contributed by atoms with Gasteiger partial charge in [0, 0.05) is 29.4 Å². The summed E-state index contributed by atoms with van der Waals surface area (Å²) in [5, 5.41) is 8.33. The average Bonchev–Trinajstić information content (AvgIpc) is 3.63. The van der Waals surface area contributed by atoms with Gasteiger partial charge in [-0.15, -0.1) is 11.3 Å². The molecule has 2 N–H and O–H groups in total. The molecular formula is C34H51N5O2S. The smallest absolute Gasteiger partial charge is 0.252 e. The maximum absolute atomic E-state index is 13.5. The number of hydrogen-bond acceptors (Lipinski definition) is 5. The number of benzene rings is 1. The molecule has 42 heavy (non-hydrogen) atoms. The van der Waals surface area contributed by atoms with Crippen molar-refractivity contribution in [2.45, 2.75) is 98.1 Å². The quantitative estimate of drug-likeness (QED) is 0.203. The zero-order chi connectivity index (χ0) is 30.1. The number of nitrogens with one attached hydrogen (secondary N) is 2. The summed E-state index contributed by atoms with van der Waals surface area (Å²) in [7, 11) is 0. The summed E-state index contributed by atoms with van der Waals surface area (Å²) in [6.45, 7) is 14.9. The van der Waals surface area contributed by atoms with Crippen LogP contribution in [0.1, 0.15) is 107 Å². The second kappa shape index (κ2) is 15.7. The van der Waals surface area contributed by atoms with Gasteiger partial charge in [-0.2, -0.15) is 0 Å². The minimum Gasteiger partial charge on any atom is -0.354 e. The van der Waals surface area contributed by atoms with Gasteiger partial charge in [0.25, 0.3) is 5.91 Å². The fraction of sp³-hybridized carbons (Fsp3) is 0.618.